The third kappa shape index (κ3) is 5.14. The summed E-state index contributed by atoms with van der Waals surface area (Å²) in [5, 5.41) is 6.97. The lowest BCUT2D eigenvalue weighted by Gasteiger charge is -2.33. The van der Waals surface area contributed by atoms with E-state index in [0.29, 0.717) is 25.7 Å². The van der Waals surface area contributed by atoms with Crippen LogP contribution in [0.1, 0.15) is 36.7 Å². The highest BCUT2D eigenvalue weighted by Crippen LogP contribution is 2.15. The molecule has 1 aliphatic rings. The molecule has 23 heavy (non-hydrogen) atoms. The number of hydrogen-bond acceptors (Lipinski definition) is 5. The summed E-state index contributed by atoms with van der Waals surface area (Å²) < 4.78 is 6.19. The topological polar surface area (TPSA) is 76.5 Å². The van der Waals surface area contributed by atoms with E-state index in [-0.39, 0.29) is 17.2 Å². The van der Waals surface area contributed by atoms with Gasteiger partial charge in [0, 0.05) is 32.3 Å². The molecule has 1 amide bonds. The van der Waals surface area contributed by atoms with E-state index in [1.54, 1.807) is 7.11 Å². The van der Waals surface area contributed by atoms with Crippen molar-refractivity contribution in [2.24, 2.45) is 0 Å². The summed E-state index contributed by atoms with van der Waals surface area (Å²) in [4.78, 5) is 26.2. The third-order valence-corrected chi connectivity index (χ3v) is 4.23. The van der Waals surface area contributed by atoms with Gasteiger partial charge in [-0.05, 0) is 32.4 Å². The van der Waals surface area contributed by atoms with Gasteiger partial charge in [0.05, 0.1) is 13.2 Å². The van der Waals surface area contributed by atoms with Crippen LogP contribution < -0.4 is 10.9 Å². The number of carbonyl (C=O) groups is 1. The smallest absolute Gasteiger partial charge is 0.271 e. The minimum absolute atomic E-state index is 0.235. The second-order valence-corrected chi connectivity index (χ2v) is 5.91. The summed E-state index contributed by atoms with van der Waals surface area (Å²) in [6.07, 6.45) is 3.74. The highest BCUT2D eigenvalue weighted by Gasteiger charge is 2.18. The van der Waals surface area contributed by atoms with Crippen molar-refractivity contribution >= 4 is 5.91 Å². The third-order valence-electron chi connectivity index (χ3n) is 4.23. The Labute approximate surface area is 136 Å². The van der Waals surface area contributed by atoms with E-state index in [9.17, 15) is 9.59 Å². The predicted molar refractivity (Wildman–Crippen MR) is 87.6 cm³/mol. The molecule has 1 N–H and O–H groups in total. The lowest BCUT2D eigenvalue weighted by atomic mass is 10.0. The zero-order valence-electron chi connectivity index (χ0n) is 14.0. The van der Waals surface area contributed by atoms with Gasteiger partial charge in [0.15, 0.2) is 0 Å². The summed E-state index contributed by atoms with van der Waals surface area (Å²) >= 11 is 0. The first kappa shape index (κ1) is 17.6. The molecule has 0 aliphatic carbocycles. The fourth-order valence-corrected chi connectivity index (χ4v) is 2.80. The number of hydrogen-bond donors (Lipinski definition) is 1. The number of nitrogens with zero attached hydrogens (tertiary/aromatic N) is 3. The molecule has 1 aromatic rings. The van der Waals surface area contributed by atoms with Crippen LogP contribution in [0, 0.1) is 0 Å². The lowest BCUT2D eigenvalue weighted by Crippen LogP contribution is -2.42. The van der Waals surface area contributed by atoms with Crippen molar-refractivity contribution in [1.29, 1.82) is 0 Å². The minimum atomic E-state index is -0.249. The maximum Gasteiger partial charge on any atom is 0.271 e. The molecule has 2 rings (SSSR count). The van der Waals surface area contributed by atoms with Gasteiger partial charge in [-0.25, -0.2) is 4.68 Å². The Balaban J connectivity index is 1.86. The van der Waals surface area contributed by atoms with Crippen molar-refractivity contribution in [1.82, 2.24) is 20.0 Å². The Morgan fingerprint density at radius 3 is 2.96 bits per heavy atom. The monoisotopic (exact) mass is 322 g/mol. The molecule has 0 radical (unpaired) electrons. The number of methoxy groups -OCH3 is 1. The summed E-state index contributed by atoms with van der Waals surface area (Å²) in [6.45, 7) is 5.47. The second-order valence-electron chi connectivity index (χ2n) is 5.91. The van der Waals surface area contributed by atoms with Crippen molar-refractivity contribution in [3.63, 3.8) is 0 Å². The first-order valence-corrected chi connectivity index (χ1v) is 8.21. The maximum absolute atomic E-state index is 12.2. The van der Waals surface area contributed by atoms with Gasteiger partial charge in [-0.3, -0.25) is 14.5 Å². The van der Waals surface area contributed by atoms with Crippen LogP contribution in [-0.4, -0.2) is 60.0 Å². The number of likely N-dealkylation sites (tertiary alicyclic amines) is 1. The second kappa shape index (κ2) is 8.79. The lowest BCUT2D eigenvalue weighted by molar-refractivity contribution is 0.0930. The molecule has 1 atom stereocenters. The number of carbonyl (C=O) groups excluding carboxylic acids is 1. The number of ether oxygens (including phenoxy) is 1. The molecule has 7 heteroatoms. The molecule has 1 aromatic heterocycles. The zero-order valence-corrected chi connectivity index (χ0v) is 14.0. The van der Waals surface area contributed by atoms with Gasteiger partial charge < -0.3 is 10.1 Å². The minimum Gasteiger partial charge on any atom is -0.383 e. The van der Waals surface area contributed by atoms with Crippen LogP contribution in [0.15, 0.2) is 16.9 Å². The molecular formula is C16H26N4O3. The van der Waals surface area contributed by atoms with Crippen molar-refractivity contribution in [3.8, 4) is 0 Å². The van der Waals surface area contributed by atoms with Crippen molar-refractivity contribution in [2.75, 3.05) is 33.4 Å². The molecule has 1 unspecified atom stereocenters. The van der Waals surface area contributed by atoms with Crippen LogP contribution in [0.25, 0.3) is 0 Å². The van der Waals surface area contributed by atoms with Gasteiger partial charge in [-0.1, -0.05) is 6.42 Å². The molecular weight excluding hydrogens is 296 g/mol. The molecule has 1 saturated heterocycles. The van der Waals surface area contributed by atoms with E-state index in [0.717, 1.165) is 13.1 Å². The van der Waals surface area contributed by atoms with Crippen molar-refractivity contribution < 1.29 is 9.53 Å². The summed E-state index contributed by atoms with van der Waals surface area (Å²) in [6, 6.07) is 3.41. The highest BCUT2D eigenvalue weighted by atomic mass is 16.5. The van der Waals surface area contributed by atoms with Gasteiger partial charge >= 0.3 is 0 Å². The van der Waals surface area contributed by atoms with Gasteiger partial charge in [0.2, 0.25) is 0 Å². The van der Waals surface area contributed by atoms with Crippen LogP contribution in [0.3, 0.4) is 0 Å². The Kier molecular flexibility index (Phi) is 6.73. The molecule has 0 aromatic carbocycles. The van der Waals surface area contributed by atoms with E-state index in [1.807, 2.05) is 0 Å². The number of aromatic nitrogens is 2. The van der Waals surface area contributed by atoms with Gasteiger partial charge in [-0.15, -0.1) is 0 Å². The molecule has 0 spiro atoms. The maximum atomic E-state index is 12.2. The number of nitrogens with one attached hydrogen (secondary N) is 1. The van der Waals surface area contributed by atoms with Crippen molar-refractivity contribution in [2.45, 2.75) is 38.8 Å². The number of piperidine rings is 1. The standard InChI is InChI=1S/C16H26N4O3/c1-13-5-3-4-9-19(13)10-8-17-16(22)14-6-7-15(21)20(18-14)11-12-23-2/h6-7,13H,3-5,8-12H2,1-2H3,(H,17,22). The number of rotatable bonds is 7. The van der Waals surface area contributed by atoms with Crippen LogP contribution in [0.5, 0.6) is 0 Å². The Hall–Kier alpha value is -1.73. The van der Waals surface area contributed by atoms with E-state index in [4.69, 9.17) is 4.74 Å². The zero-order chi connectivity index (χ0) is 16.7. The SMILES string of the molecule is COCCn1nc(C(=O)NCCN2CCCCC2C)ccc1=O. The molecule has 7 nitrogen and oxygen atoms in total. The number of amides is 1. The average Bonchev–Trinajstić information content (AvgIpc) is 2.55. The summed E-state index contributed by atoms with van der Waals surface area (Å²) in [5.74, 6) is -0.249. The van der Waals surface area contributed by atoms with Crippen LogP contribution in [-0.2, 0) is 11.3 Å². The van der Waals surface area contributed by atoms with Gasteiger partial charge in [0.25, 0.3) is 11.5 Å². The summed E-state index contributed by atoms with van der Waals surface area (Å²) in [7, 11) is 1.56. The van der Waals surface area contributed by atoms with E-state index in [2.05, 4.69) is 22.2 Å². The van der Waals surface area contributed by atoms with Crippen LogP contribution in [0.4, 0.5) is 0 Å². The largest absolute Gasteiger partial charge is 0.383 e. The molecule has 128 valence electrons. The van der Waals surface area contributed by atoms with E-state index >= 15 is 0 Å². The average molecular weight is 322 g/mol. The van der Waals surface area contributed by atoms with Gasteiger partial charge in [0.1, 0.15) is 5.69 Å². The first-order valence-electron chi connectivity index (χ1n) is 8.21. The molecule has 0 saturated carbocycles. The predicted octanol–water partition coefficient (Wildman–Crippen LogP) is 0.494. The Morgan fingerprint density at radius 1 is 1.39 bits per heavy atom. The Morgan fingerprint density at radius 2 is 2.22 bits per heavy atom. The quantitative estimate of drug-likeness (QED) is 0.791. The van der Waals surface area contributed by atoms with E-state index < -0.39 is 0 Å². The van der Waals surface area contributed by atoms with Crippen LogP contribution in [0.2, 0.25) is 0 Å². The first-order chi connectivity index (χ1) is 11.1. The van der Waals surface area contributed by atoms with E-state index in [1.165, 1.54) is 36.1 Å². The Bertz CT molecular complexity index is 573. The molecule has 2 heterocycles. The normalized spacial score (nSPS) is 18.8. The highest BCUT2D eigenvalue weighted by molar-refractivity contribution is 5.91. The van der Waals surface area contributed by atoms with Gasteiger partial charge in [-0.2, -0.15) is 5.10 Å². The summed E-state index contributed by atoms with van der Waals surface area (Å²) in [5.41, 5.74) is 0.0214. The molecule has 0 bridgehead atoms. The molecule has 1 fully saturated rings. The van der Waals surface area contributed by atoms with Crippen LogP contribution >= 0.6 is 0 Å². The van der Waals surface area contributed by atoms with Crippen molar-refractivity contribution in [3.05, 3.63) is 28.2 Å². The fraction of sp³-hybridized carbons (Fsp3) is 0.688. The fourth-order valence-electron chi connectivity index (χ4n) is 2.80. The molecule has 1 aliphatic heterocycles.